The van der Waals surface area contributed by atoms with Crippen LogP contribution in [0.2, 0.25) is 0 Å². The third kappa shape index (κ3) is 4.55. The zero-order valence-corrected chi connectivity index (χ0v) is 14.1. The van der Waals surface area contributed by atoms with Crippen molar-refractivity contribution in [3.8, 4) is 0 Å². The number of carbonyl (C=O) groups is 1. The maximum absolute atomic E-state index is 13.2. The van der Waals surface area contributed by atoms with Crippen molar-refractivity contribution in [2.75, 3.05) is 11.1 Å². The van der Waals surface area contributed by atoms with Gasteiger partial charge in [-0.25, -0.2) is 8.78 Å². The number of thioether (sulfide) groups is 1. The van der Waals surface area contributed by atoms with Gasteiger partial charge in [0.1, 0.15) is 0 Å². The van der Waals surface area contributed by atoms with Crippen LogP contribution in [0.1, 0.15) is 30.9 Å². The molecule has 23 heavy (non-hydrogen) atoms. The molecule has 0 bridgehead atoms. The van der Waals surface area contributed by atoms with Gasteiger partial charge in [0.05, 0.1) is 5.75 Å². The highest BCUT2D eigenvalue weighted by Crippen LogP contribution is 2.28. The van der Waals surface area contributed by atoms with Crippen molar-refractivity contribution >= 4 is 23.4 Å². The van der Waals surface area contributed by atoms with Crippen LogP contribution in [0.3, 0.4) is 0 Å². The van der Waals surface area contributed by atoms with Crippen LogP contribution in [-0.2, 0) is 4.79 Å². The summed E-state index contributed by atoms with van der Waals surface area (Å²) in [6.07, 6.45) is 0. The number of halogens is 2. The van der Waals surface area contributed by atoms with E-state index < -0.39 is 11.6 Å². The van der Waals surface area contributed by atoms with E-state index in [1.807, 2.05) is 25.1 Å². The Kier molecular flexibility index (Phi) is 5.77. The summed E-state index contributed by atoms with van der Waals surface area (Å²) in [6.45, 7) is 6.09. The third-order valence-electron chi connectivity index (χ3n) is 3.45. The number of hydrogen-bond donors (Lipinski definition) is 1. The van der Waals surface area contributed by atoms with Crippen LogP contribution < -0.4 is 5.32 Å². The van der Waals surface area contributed by atoms with Crippen molar-refractivity contribution in [2.24, 2.45) is 0 Å². The minimum absolute atomic E-state index is 0.136. The smallest absolute Gasteiger partial charge is 0.234 e. The Hall–Kier alpha value is -1.88. The molecule has 0 aliphatic rings. The van der Waals surface area contributed by atoms with Crippen LogP contribution >= 0.6 is 11.8 Å². The lowest BCUT2D eigenvalue weighted by Gasteiger charge is -2.16. The molecule has 2 nitrogen and oxygen atoms in total. The maximum Gasteiger partial charge on any atom is 0.234 e. The van der Waals surface area contributed by atoms with E-state index in [0.29, 0.717) is 10.8 Å². The number of aryl methyl sites for hydroxylation is 1. The van der Waals surface area contributed by atoms with Gasteiger partial charge in [-0.2, -0.15) is 0 Å². The molecule has 1 amide bonds. The van der Waals surface area contributed by atoms with Gasteiger partial charge in [-0.1, -0.05) is 32.0 Å². The van der Waals surface area contributed by atoms with Gasteiger partial charge in [-0.3, -0.25) is 4.79 Å². The highest BCUT2D eigenvalue weighted by molar-refractivity contribution is 8.00. The highest BCUT2D eigenvalue weighted by Gasteiger charge is 2.12. The van der Waals surface area contributed by atoms with Crippen molar-refractivity contribution < 1.29 is 13.6 Å². The topological polar surface area (TPSA) is 29.1 Å². The van der Waals surface area contributed by atoms with Crippen LogP contribution in [0.5, 0.6) is 0 Å². The zero-order chi connectivity index (χ0) is 17.0. The number of nitrogens with one attached hydrogen (secondary N) is 1. The lowest BCUT2D eigenvalue weighted by Crippen LogP contribution is -2.16. The molecule has 0 radical (unpaired) electrons. The second kappa shape index (κ2) is 7.59. The number of rotatable bonds is 5. The minimum atomic E-state index is -0.906. The van der Waals surface area contributed by atoms with Gasteiger partial charge in [0.15, 0.2) is 11.6 Å². The van der Waals surface area contributed by atoms with Crippen LogP contribution in [0.25, 0.3) is 0 Å². The maximum atomic E-state index is 13.2. The Bertz CT molecular complexity index is 716. The molecule has 0 unspecified atom stereocenters. The number of para-hydroxylation sites is 1. The summed E-state index contributed by atoms with van der Waals surface area (Å²) in [4.78, 5) is 12.7. The van der Waals surface area contributed by atoms with Gasteiger partial charge in [0.25, 0.3) is 0 Å². The van der Waals surface area contributed by atoms with E-state index in [2.05, 4.69) is 19.2 Å². The van der Waals surface area contributed by atoms with Crippen LogP contribution in [0.4, 0.5) is 14.5 Å². The molecule has 1 N–H and O–H groups in total. The summed E-state index contributed by atoms with van der Waals surface area (Å²) in [6, 6.07) is 9.54. The van der Waals surface area contributed by atoms with Gasteiger partial charge in [0, 0.05) is 10.6 Å². The first-order valence-electron chi connectivity index (χ1n) is 7.35. The van der Waals surface area contributed by atoms with E-state index in [0.717, 1.165) is 28.9 Å². The first-order chi connectivity index (χ1) is 10.9. The molecule has 0 saturated heterocycles. The Morgan fingerprint density at radius 1 is 1.17 bits per heavy atom. The van der Waals surface area contributed by atoms with E-state index in [1.165, 1.54) is 17.8 Å². The summed E-state index contributed by atoms with van der Waals surface area (Å²) < 4.78 is 26.0. The zero-order valence-electron chi connectivity index (χ0n) is 13.3. The summed E-state index contributed by atoms with van der Waals surface area (Å²) in [5.74, 6) is -1.53. The molecule has 0 atom stereocenters. The van der Waals surface area contributed by atoms with Crippen LogP contribution in [0.15, 0.2) is 41.3 Å². The molecule has 122 valence electrons. The minimum Gasteiger partial charge on any atom is -0.325 e. The molecular formula is C18H19F2NOS. The molecule has 5 heteroatoms. The second-order valence-corrected chi connectivity index (χ2v) is 6.66. The molecule has 0 aliphatic carbocycles. The SMILES string of the molecule is Cc1cccc(C(C)C)c1NC(=O)CSc1ccc(F)c(F)c1. The number of hydrogen-bond acceptors (Lipinski definition) is 2. The Labute approximate surface area is 139 Å². The summed E-state index contributed by atoms with van der Waals surface area (Å²) in [7, 11) is 0. The molecular weight excluding hydrogens is 316 g/mol. The summed E-state index contributed by atoms with van der Waals surface area (Å²) in [5.41, 5.74) is 2.91. The Morgan fingerprint density at radius 3 is 2.57 bits per heavy atom. The van der Waals surface area contributed by atoms with Crippen LogP contribution in [-0.4, -0.2) is 11.7 Å². The molecule has 0 aromatic heterocycles. The lowest BCUT2D eigenvalue weighted by molar-refractivity contribution is -0.113. The van der Waals surface area contributed by atoms with E-state index in [9.17, 15) is 13.6 Å². The van der Waals surface area contributed by atoms with Gasteiger partial charge in [-0.15, -0.1) is 11.8 Å². The predicted molar refractivity (Wildman–Crippen MR) is 91.0 cm³/mol. The first-order valence-corrected chi connectivity index (χ1v) is 8.34. The second-order valence-electron chi connectivity index (χ2n) is 5.61. The van der Waals surface area contributed by atoms with E-state index in [4.69, 9.17) is 0 Å². The average Bonchev–Trinajstić information content (AvgIpc) is 2.50. The van der Waals surface area contributed by atoms with Gasteiger partial charge in [-0.05, 0) is 42.2 Å². The summed E-state index contributed by atoms with van der Waals surface area (Å²) in [5, 5.41) is 2.93. The summed E-state index contributed by atoms with van der Waals surface area (Å²) >= 11 is 1.17. The van der Waals surface area contributed by atoms with Crippen molar-refractivity contribution in [2.45, 2.75) is 31.6 Å². The fraction of sp³-hybridized carbons (Fsp3) is 0.278. The molecule has 2 rings (SSSR count). The van der Waals surface area contributed by atoms with E-state index in [-0.39, 0.29) is 11.7 Å². The van der Waals surface area contributed by atoms with E-state index in [1.54, 1.807) is 0 Å². The Balaban J connectivity index is 2.04. The standard InChI is InChI=1S/C18H19F2NOS/c1-11(2)14-6-4-5-12(3)18(14)21-17(22)10-23-13-7-8-15(19)16(20)9-13/h4-9,11H,10H2,1-3H3,(H,21,22). The molecule has 0 spiro atoms. The predicted octanol–water partition coefficient (Wildman–Crippen LogP) is 5.13. The van der Waals surface area contributed by atoms with Gasteiger partial charge < -0.3 is 5.32 Å². The van der Waals surface area contributed by atoms with Crippen molar-refractivity contribution in [3.63, 3.8) is 0 Å². The fourth-order valence-electron chi connectivity index (χ4n) is 2.23. The normalized spacial score (nSPS) is 10.9. The third-order valence-corrected chi connectivity index (χ3v) is 4.45. The quantitative estimate of drug-likeness (QED) is 0.768. The largest absolute Gasteiger partial charge is 0.325 e. The Morgan fingerprint density at radius 2 is 1.91 bits per heavy atom. The average molecular weight is 335 g/mol. The van der Waals surface area contributed by atoms with Crippen LogP contribution in [0, 0.1) is 18.6 Å². The molecule has 2 aromatic rings. The number of anilines is 1. The molecule has 0 saturated carbocycles. The lowest BCUT2D eigenvalue weighted by atomic mass is 9.98. The monoisotopic (exact) mass is 335 g/mol. The molecule has 0 aliphatic heterocycles. The number of amides is 1. The molecule has 0 fully saturated rings. The fourth-order valence-corrected chi connectivity index (χ4v) is 2.95. The number of carbonyl (C=O) groups excluding carboxylic acids is 1. The van der Waals surface area contributed by atoms with Crippen molar-refractivity contribution in [3.05, 3.63) is 59.2 Å². The van der Waals surface area contributed by atoms with Gasteiger partial charge in [0.2, 0.25) is 5.91 Å². The number of benzene rings is 2. The van der Waals surface area contributed by atoms with E-state index >= 15 is 0 Å². The highest BCUT2D eigenvalue weighted by atomic mass is 32.2. The first kappa shape index (κ1) is 17.5. The molecule has 2 aromatic carbocycles. The molecule has 0 heterocycles. The van der Waals surface area contributed by atoms with Crippen molar-refractivity contribution in [1.29, 1.82) is 0 Å². The van der Waals surface area contributed by atoms with Gasteiger partial charge >= 0.3 is 0 Å². The van der Waals surface area contributed by atoms with Crippen molar-refractivity contribution in [1.82, 2.24) is 0 Å².